The number of amides is 2. The fourth-order valence-corrected chi connectivity index (χ4v) is 4.01. The third-order valence-corrected chi connectivity index (χ3v) is 5.66. The van der Waals surface area contributed by atoms with E-state index >= 15 is 0 Å². The van der Waals surface area contributed by atoms with E-state index in [1.807, 2.05) is 19.9 Å². The van der Waals surface area contributed by atoms with Gasteiger partial charge >= 0.3 is 5.97 Å². The zero-order valence-electron chi connectivity index (χ0n) is 16.3. The van der Waals surface area contributed by atoms with Gasteiger partial charge in [-0.05, 0) is 67.4 Å². The van der Waals surface area contributed by atoms with Crippen LogP contribution in [0.1, 0.15) is 29.4 Å². The monoisotopic (exact) mass is 398 g/mol. The van der Waals surface area contributed by atoms with E-state index in [-0.39, 0.29) is 6.54 Å². The maximum Gasteiger partial charge on any atom is 0.325 e. The highest BCUT2D eigenvalue weighted by Crippen LogP contribution is 2.33. The van der Waals surface area contributed by atoms with Gasteiger partial charge in [0.1, 0.15) is 6.54 Å². The van der Waals surface area contributed by atoms with Gasteiger partial charge in [0, 0.05) is 17.1 Å². The first-order chi connectivity index (χ1) is 13.3. The van der Waals surface area contributed by atoms with Gasteiger partial charge in [-0.1, -0.05) is 19.1 Å². The van der Waals surface area contributed by atoms with Gasteiger partial charge in [0.05, 0.1) is 12.0 Å². The summed E-state index contributed by atoms with van der Waals surface area (Å²) in [5, 5.41) is -0.467. The van der Waals surface area contributed by atoms with Crippen LogP contribution in [0.4, 0.5) is 4.79 Å². The number of ether oxygens (including phenoxy) is 1. The van der Waals surface area contributed by atoms with Gasteiger partial charge in [-0.25, -0.2) is 0 Å². The highest BCUT2D eigenvalue weighted by molar-refractivity contribution is 8.18. The molecular formula is C21H22N2O4S. The Hall–Kier alpha value is -2.80. The number of aryl methyl sites for hydroxylation is 2. The molecule has 1 aliphatic heterocycles. The van der Waals surface area contributed by atoms with E-state index < -0.39 is 17.1 Å². The van der Waals surface area contributed by atoms with Crippen molar-refractivity contribution in [1.29, 1.82) is 0 Å². The summed E-state index contributed by atoms with van der Waals surface area (Å²) in [6.07, 6.45) is 2.69. The van der Waals surface area contributed by atoms with Gasteiger partial charge in [-0.3, -0.25) is 19.3 Å². The van der Waals surface area contributed by atoms with E-state index in [0.717, 1.165) is 45.7 Å². The minimum Gasteiger partial charge on any atom is -0.468 e. The van der Waals surface area contributed by atoms with Crippen molar-refractivity contribution in [1.82, 2.24) is 9.47 Å². The first-order valence-electron chi connectivity index (χ1n) is 8.96. The number of hydrogen-bond acceptors (Lipinski definition) is 5. The molecule has 1 aromatic heterocycles. The van der Waals surface area contributed by atoms with Crippen molar-refractivity contribution in [3.63, 3.8) is 0 Å². The largest absolute Gasteiger partial charge is 0.468 e. The number of nitrogens with zero attached hydrogens (tertiary/aromatic N) is 2. The van der Waals surface area contributed by atoms with Crippen molar-refractivity contribution in [2.45, 2.75) is 27.2 Å². The fraction of sp³-hybridized carbons (Fsp3) is 0.286. The van der Waals surface area contributed by atoms with Crippen LogP contribution in [0.25, 0.3) is 11.8 Å². The van der Waals surface area contributed by atoms with Gasteiger partial charge in [0.2, 0.25) is 0 Å². The highest BCUT2D eigenvalue weighted by atomic mass is 32.2. The third kappa shape index (κ3) is 3.75. The van der Waals surface area contributed by atoms with Crippen LogP contribution in [0.3, 0.4) is 0 Å². The Morgan fingerprint density at radius 1 is 1.18 bits per heavy atom. The van der Waals surface area contributed by atoms with Gasteiger partial charge in [-0.2, -0.15) is 0 Å². The van der Waals surface area contributed by atoms with Crippen molar-refractivity contribution in [2.24, 2.45) is 0 Å². The number of carbonyl (C=O) groups excluding carboxylic acids is 3. The maximum absolute atomic E-state index is 12.5. The Balaban J connectivity index is 1.92. The average Bonchev–Trinajstić information content (AvgIpc) is 3.11. The molecule has 0 spiro atoms. The van der Waals surface area contributed by atoms with Crippen LogP contribution >= 0.6 is 11.8 Å². The summed E-state index contributed by atoms with van der Waals surface area (Å²) < 4.78 is 6.66. The van der Waals surface area contributed by atoms with E-state index in [9.17, 15) is 14.4 Å². The van der Waals surface area contributed by atoms with Crippen molar-refractivity contribution in [2.75, 3.05) is 13.7 Å². The number of thioether (sulfide) groups is 1. The molecule has 0 bridgehead atoms. The molecule has 0 atom stereocenters. The van der Waals surface area contributed by atoms with E-state index in [1.54, 1.807) is 6.08 Å². The van der Waals surface area contributed by atoms with Crippen molar-refractivity contribution in [3.05, 3.63) is 57.8 Å². The van der Waals surface area contributed by atoms with Crippen LogP contribution in [0, 0.1) is 13.8 Å². The quantitative estimate of drug-likeness (QED) is 0.565. The van der Waals surface area contributed by atoms with E-state index in [1.165, 1.54) is 12.7 Å². The zero-order valence-corrected chi connectivity index (χ0v) is 17.1. The minimum absolute atomic E-state index is 0.301. The molecule has 146 valence electrons. The lowest BCUT2D eigenvalue weighted by molar-refractivity contribution is -0.143. The summed E-state index contributed by atoms with van der Waals surface area (Å²) in [6.45, 7) is 5.72. The number of rotatable bonds is 5. The smallest absolute Gasteiger partial charge is 0.325 e. The van der Waals surface area contributed by atoms with Gasteiger partial charge in [0.15, 0.2) is 0 Å². The highest BCUT2D eigenvalue weighted by Gasteiger charge is 2.36. The summed E-state index contributed by atoms with van der Waals surface area (Å²) in [5.74, 6) is -1.10. The van der Waals surface area contributed by atoms with E-state index in [4.69, 9.17) is 0 Å². The second kappa shape index (κ2) is 8.06. The average molecular weight is 398 g/mol. The van der Waals surface area contributed by atoms with Crippen LogP contribution < -0.4 is 0 Å². The summed E-state index contributed by atoms with van der Waals surface area (Å²) in [4.78, 5) is 37.2. The summed E-state index contributed by atoms with van der Waals surface area (Å²) >= 11 is 0.835. The van der Waals surface area contributed by atoms with Gasteiger partial charge < -0.3 is 9.30 Å². The molecule has 3 rings (SSSR count). The molecule has 0 saturated carbocycles. The van der Waals surface area contributed by atoms with Crippen LogP contribution in [0.5, 0.6) is 0 Å². The Morgan fingerprint density at radius 2 is 1.86 bits per heavy atom. The molecule has 1 aromatic carbocycles. The number of benzene rings is 1. The van der Waals surface area contributed by atoms with Crippen molar-refractivity contribution >= 4 is 35.0 Å². The predicted octanol–water partition coefficient (Wildman–Crippen LogP) is 3.87. The molecule has 0 N–H and O–H groups in total. The lowest BCUT2D eigenvalue weighted by Crippen LogP contribution is -2.34. The molecule has 1 aliphatic rings. The van der Waals surface area contributed by atoms with Gasteiger partial charge in [-0.15, -0.1) is 0 Å². The molecule has 6 nitrogen and oxygen atoms in total. The van der Waals surface area contributed by atoms with E-state index in [0.29, 0.717) is 4.91 Å². The number of aromatic nitrogens is 1. The molecule has 1 saturated heterocycles. The molecule has 0 unspecified atom stereocenters. The fourth-order valence-electron chi connectivity index (χ4n) is 3.18. The Labute approximate surface area is 168 Å². The lowest BCUT2D eigenvalue weighted by Gasteiger charge is -2.10. The number of methoxy groups -OCH3 is 1. The van der Waals surface area contributed by atoms with Crippen molar-refractivity contribution < 1.29 is 19.1 Å². The molecule has 2 aromatic rings. The topological polar surface area (TPSA) is 68.6 Å². The van der Waals surface area contributed by atoms with Crippen LogP contribution in [0.15, 0.2) is 35.2 Å². The zero-order chi connectivity index (χ0) is 20.4. The number of imide groups is 1. The van der Waals surface area contributed by atoms with Crippen LogP contribution in [-0.2, 0) is 20.7 Å². The molecule has 1 fully saturated rings. The standard InChI is InChI=1S/C21H22N2O4S/c1-5-15-6-8-17(9-7-15)23-13(2)10-16(14(23)3)11-18-20(25)22(21(26)28-18)12-19(24)27-4/h6-11H,5,12H2,1-4H3. The molecule has 28 heavy (non-hydrogen) atoms. The predicted molar refractivity (Wildman–Crippen MR) is 109 cm³/mol. The summed E-state index contributed by atoms with van der Waals surface area (Å²) in [7, 11) is 1.22. The number of esters is 1. The molecule has 2 heterocycles. The number of hydrogen-bond donors (Lipinski definition) is 0. The van der Waals surface area contributed by atoms with Crippen LogP contribution in [-0.4, -0.2) is 40.2 Å². The Morgan fingerprint density at radius 3 is 2.46 bits per heavy atom. The molecular weight excluding hydrogens is 376 g/mol. The Bertz CT molecular complexity index is 973. The summed E-state index contributed by atoms with van der Waals surface area (Å²) in [5.41, 5.74) is 5.18. The molecule has 0 aliphatic carbocycles. The van der Waals surface area contributed by atoms with Gasteiger partial charge in [0.25, 0.3) is 11.1 Å². The SMILES string of the molecule is CCc1ccc(-n2c(C)cc(C=C3SC(=O)N(CC(=O)OC)C3=O)c2C)cc1. The lowest BCUT2D eigenvalue weighted by atomic mass is 10.1. The first kappa shape index (κ1) is 19.9. The normalized spacial score (nSPS) is 15.6. The number of carbonyl (C=O) groups is 3. The summed E-state index contributed by atoms with van der Waals surface area (Å²) in [6, 6.07) is 10.3. The van der Waals surface area contributed by atoms with Crippen molar-refractivity contribution in [3.8, 4) is 5.69 Å². The second-order valence-corrected chi connectivity index (χ2v) is 7.52. The third-order valence-electron chi connectivity index (χ3n) is 4.75. The maximum atomic E-state index is 12.5. The van der Waals surface area contributed by atoms with Crippen LogP contribution in [0.2, 0.25) is 0 Å². The second-order valence-electron chi connectivity index (χ2n) is 6.53. The minimum atomic E-state index is -0.628. The van der Waals surface area contributed by atoms with E-state index in [2.05, 4.69) is 40.5 Å². The molecule has 2 amide bonds. The first-order valence-corrected chi connectivity index (χ1v) is 9.77. The molecule has 0 radical (unpaired) electrons. The Kier molecular flexibility index (Phi) is 5.74. The molecule has 7 heteroatoms.